The summed E-state index contributed by atoms with van der Waals surface area (Å²) in [7, 11) is -1.10. The number of hydrogen-bond donors (Lipinski definition) is 1. The lowest BCUT2D eigenvalue weighted by atomic mass is 9.79. The Balaban J connectivity index is 2.15. The Hall–Kier alpha value is -2.01. The average molecular weight is 483 g/mol. The third-order valence-electron chi connectivity index (χ3n) is 6.32. The normalized spacial score (nSPS) is 24.4. The summed E-state index contributed by atoms with van der Waals surface area (Å²) in [4.78, 5) is 32.3. The van der Waals surface area contributed by atoms with Crippen molar-refractivity contribution >= 4 is 22.9 Å². The van der Waals surface area contributed by atoms with E-state index in [4.69, 9.17) is 14.3 Å². The zero-order chi connectivity index (χ0) is 24.3. The first-order valence-electron chi connectivity index (χ1n) is 11.3. The maximum atomic E-state index is 13.9. The molecule has 10 heteroatoms. The zero-order valence-electron chi connectivity index (χ0n) is 20.0. The van der Waals surface area contributed by atoms with Crippen LogP contribution in [-0.2, 0) is 29.9 Å². The van der Waals surface area contributed by atoms with Gasteiger partial charge in [0.2, 0.25) is 0 Å². The van der Waals surface area contributed by atoms with E-state index in [1.54, 1.807) is 13.2 Å². The summed E-state index contributed by atoms with van der Waals surface area (Å²) in [6, 6.07) is 0. The molecular formula is C23H34N2O7S. The van der Waals surface area contributed by atoms with Crippen LogP contribution in [0.15, 0.2) is 34.1 Å². The van der Waals surface area contributed by atoms with E-state index >= 15 is 0 Å². The van der Waals surface area contributed by atoms with E-state index < -0.39 is 28.4 Å². The van der Waals surface area contributed by atoms with Crippen LogP contribution in [0.25, 0.3) is 0 Å². The predicted octanol–water partition coefficient (Wildman–Crippen LogP) is 3.09. The first kappa shape index (κ1) is 25.6. The second kappa shape index (κ2) is 10.5. The highest BCUT2D eigenvalue weighted by Crippen LogP contribution is 2.49. The maximum Gasteiger partial charge on any atom is 0.513 e. The molecule has 0 saturated carbocycles. The van der Waals surface area contributed by atoms with Crippen molar-refractivity contribution in [2.75, 3.05) is 38.3 Å². The molecule has 1 spiro atoms. The Morgan fingerprint density at radius 2 is 1.97 bits per heavy atom. The molecule has 2 aliphatic heterocycles. The SMILES string of the molecule is CCOC(=O)OC1=C(C2=C(C)C=C(C)CC2C)C(=O)N(OCCS(C)=O)C12CCN(O)CC2. The highest BCUT2D eigenvalue weighted by atomic mass is 32.2. The van der Waals surface area contributed by atoms with Gasteiger partial charge in [-0.15, -0.1) is 0 Å². The lowest BCUT2D eigenvalue weighted by Crippen LogP contribution is -2.55. The molecule has 2 unspecified atom stereocenters. The number of carbonyl (C=O) groups excluding carboxylic acids is 2. The van der Waals surface area contributed by atoms with Crippen LogP contribution in [-0.4, -0.2) is 75.5 Å². The zero-order valence-corrected chi connectivity index (χ0v) is 20.8. The van der Waals surface area contributed by atoms with Crippen LogP contribution in [0, 0.1) is 5.92 Å². The molecule has 1 amide bonds. The first-order chi connectivity index (χ1) is 15.6. The fourth-order valence-electron chi connectivity index (χ4n) is 4.98. The van der Waals surface area contributed by atoms with E-state index in [2.05, 4.69) is 6.92 Å². The number of allylic oxidation sites excluding steroid dienone is 3. The van der Waals surface area contributed by atoms with Gasteiger partial charge in [0, 0.05) is 35.9 Å². The van der Waals surface area contributed by atoms with Crippen molar-refractivity contribution in [2.24, 2.45) is 5.92 Å². The number of hydrogen-bond acceptors (Lipinski definition) is 8. The molecule has 184 valence electrons. The Morgan fingerprint density at radius 3 is 2.55 bits per heavy atom. The molecule has 1 aliphatic carbocycles. The Morgan fingerprint density at radius 1 is 1.30 bits per heavy atom. The molecule has 0 aromatic heterocycles. The summed E-state index contributed by atoms with van der Waals surface area (Å²) in [5, 5.41) is 12.5. The largest absolute Gasteiger partial charge is 0.513 e. The summed E-state index contributed by atoms with van der Waals surface area (Å²) >= 11 is 0. The van der Waals surface area contributed by atoms with Gasteiger partial charge < -0.3 is 14.7 Å². The van der Waals surface area contributed by atoms with Gasteiger partial charge in [-0.1, -0.05) is 18.6 Å². The Labute approximate surface area is 197 Å². The standard InChI is InChI=1S/C23H34N2O7S/c1-6-30-22(27)32-20-19(18-16(3)13-15(2)14-17(18)4)21(26)25(31-11-12-33(5)29)23(20)7-9-24(28)10-8-23/h13,17,28H,6-12,14H2,1-5H3. The van der Waals surface area contributed by atoms with Crippen molar-refractivity contribution in [2.45, 2.75) is 52.5 Å². The molecule has 0 aromatic rings. The maximum absolute atomic E-state index is 13.9. The third-order valence-corrected chi connectivity index (χ3v) is 7.06. The summed E-state index contributed by atoms with van der Waals surface area (Å²) in [6.07, 6.45) is 4.12. The summed E-state index contributed by atoms with van der Waals surface area (Å²) in [5.41, 5.74) is 2.22. The van der Waals surface area contributed by atoms with Gasteiger partial charge in [0.15, 0.2) is 5.76 Å². The quantitative estimate of drug-likeness (QED) is 0.552. The van der Waals surface area contributed by atoms with Crippen molar-refractivity contribution in [3.8, 4) is 0 Å². The number of piperidine rings is 1. The van der Waals surface area contributed by atoms with Crippen LogP contribution in [0.3, 0.4) is 0 Å². The first-order valence-corrected chi connectivity index (χ1v) is 13.0. The molecule has 1 saturated heterocycles. The summed E-state index contributed by atoms with van der Waals surface area (Å²) in [5.74, 6) is 0.116. The second-order valence-electron chi connectivity index (χ2n) is 8.88. The fourth-order valence-corrected chi connectivity index (χ4v) is 5.29. The van der Waals surface area contributed by atoms with Crippen molar-refractivity contribution in [3.05, 3.63) is 34.1 Å². The van der Waals surface area contributed by atoms with Crippen LogP contribution in [0.4, 0.5) is 4.79 Å². The van der Waals surface area contributed by atoms with E-state index in [-0.39, 0.29) is 43.7 Å². The number of amides is 1. The minimum absolute atomic E-state index is 0.0350. The molecule has 3 aliphatic rings. The molecule has 2 heterocycles. The highest BCUT2D eigenvalue weighted by Gasteiger charge is 2.57. The Kier molecular flexibility index (Phi) is 8.15. The molecule has 0 aromatic carbocycles. The van der Waals surface area contributed by atoms with Crippen molar-refractivity contribution in [1.29, 1.82) is 0 Å². The third kappa shape index (κ3) is 5.24. The fraction of sp³-hybridized carbons (Fsp3) is 0.652. The van der Waals surface area contributed by atoms with Gasteiger partial charge in [-0.05, 0) is 57.1 Å². The van der Waals surface area contributed by atoms with Gasteiger partial charge in [-0.3, -0.25) is 13.8 Å². The van der Waals surface area contributed by atoms with Crippen molar-refractivity contribution in [1.82, 2.24) is 10.1 Å². The Bertz CT molecular complexity index is 916. The van der Waals surface area contributed by atoms with Gasteiger partial charge >= 0.3 is 6.16 Å². The average Bonchev–Trinajstić information content (AvgIpc) is 2.92. The molecule has 2 atom stereocenters. The highest BCUT2D eigenvalue weighted by molar-refractivity contribution is 7.84. The number of carbonyl (C=O) groups is 2. The van der Waals surface area contributed by atoms with E-state index in [1.165, 1.54) is 15.7 Å². The molecule has 9 nitrogen and oxygen atoms in total. The van der Waals surface area contributed by atoms with E-state index in [9.17, 15) is 19.0 Å². The smallest absolute Gasteiger partial charge is 0.434 e. The lowest BCUT2D eigenvalue weighted by molar-refractivity contribution is -0.226. The van der Waals surface area contributed by atoms with E-state index in [0.717, 1.165) is 17.6 Å². The molecular weight excluding hydrogens is 448 g/mol. The van der Waals surface area contributed by atoms with Gasteiger partial charge in [-0.2, -0.15) is 5.06 Å². The minimum atomic E-state index is -1.10. The molecule has 1 fully saturated rings. The molecule has 0 radical (unpaired) electrons. The monoisotopic (exact) mass is 482 g/mol. The van der Waals surface area contributed by atoms with Gasteiger partial charge in [-0.25, -0.2) is 9.86 Å². The molecule has 0 bridgehead atoms. The number of nitrogens with zero attached hydrogens (tertiary/aromatic N) is 2. The van der Waals surface area contributed by atoms with Crippen LogP contribution >= 0.6 is 0 Å². The predicted molar refractivity (Wildman–Crippen MR) is 122 cm³/mol. The molecule has 3 rings (SSSR count). The van der Waals surface area contributed by atoms with Gasteiger partial charge in [0.1, 0.15) is 5.54 Å². The second-order valence-corrected chi connectivity index (χ2v) is 10.4. The number of hydroxylamine groups is 4. The van der Waals surface area contributed by atoms with Gasteiger partial charge in [0.05, 0.1) is 18.8 Å². The topological polar surface area (TPSA) is 106 Å². The van der Waals surface area contributed by atoms with Crippen molar-refractivity contribution in [3.63, 3.8) is 0 Å². The van der Waals surface area contributed by atoms with Crippen molar-refractivity contribution < 1.29 is 33.3 Å². The van der Waals surface area contributed by atoms with Crippen LogP contribution in [0.5, 0.6) is 0 Å². The minimum Gasteiger partial charge on any atom is -0.434 e. The van der Waals surface area contributed by atoms with E-state index in [0.29, 0.717) is 18.4 Å². The lowest BCUT2D eigenvalue weighted by Gasteiger charge is -2.42. The van der Waals surface area contributed by atoms with Crippen LogP contribution in [0.2, 0.25) is 0 Å². The number of rotatable bonds is 7. The van der Waals surface area contributed by atoms with Gasteiger partial charge in [0.25, 0.3) is 5.91 Å². The number of ether oxygens (including phenoxy) is 2. The summed E-state index contributed by atoms with van der Waals surface area (Å²) in [6.45, 7) is 8.47. The van der Waals surface area contributed by atoms with Crippen LogP contribution < -0.4 is 0 Å². The van der Waals surface area contributed by atoms with E-state index in [1.807, 2.05) is 19.9 Å². The summed E-state index contributed by atoms with van der Waals surface area (Å²) < 4.78 is 22.4. The van der Waals surface area contributed by atoms with Crippen LogP contribution in [0.1, 0.15) is 47.0 Å². The molecule has 33 heavy (non-hydrogen) atoms. The molecule has 1 N–H and O–H groups in total.